The largest absolute Gasteiger partial charge is 0.476 e. The topological polar surface area (TPSA) is 75.1 Å². The molecule has 0 fully saturated rings. The molecule has 1 heterocycles. The zero-order valence-electron chi connectivity index (χ0n) is 9.47. The lowest BCUT2D eigenvalue weighted by atomic mass is 9.94. The number of aromatic carboxylic acids is 1. The second-order valence-corrected chi connectivity index (χ2v) is 4.12. The highest BCUT2D eigenvalue weighted by Gasteiger charge is 2.10. The van der Waals surface area contributed by atoms with E-state index in [1.807, 2.05) is 0 Å². The Bertz CT molecular complexity index is 414. The molecule has 0 saturated heterocycles. The van der Waals surface area contributed by atoms with E-state index in [0.29, 0.717) is 11.7 Å². The molecule has 17 heavy (non-hydrogen) atoms. The predicted molar refractivity (Wildman–Crippen MR) is 64.0 cm³/mol. The number of nitrogens with one attached hydrogen (secondary N) is 1. The maximum absolute atomic E-state index is 10.6. The van der Waals surface area contributed by atoms with Gasteiger partial charge in [-0.25, -0.2) is 14.8 Å². The first-order valence-electron chi connectivity index (χ1n) is 5.70. The van der Waals surface area contributed by atoms with Crippen molar-refractivity contribution in [2.45, 2.75) is 19.3 Å². The van der Waals surface area contributed by atoms with Crippen LogP contribution in [0.4, 0.5) is 5.82 Å². The Balaban J connectivity index is 1.86. The van der Waals surface area contributed by atoms with Gasteiger partial charge in [0.25, 0.3) is 0 Å². The molecule has 0 radical (unpaired) electrons. The number of rotatable bonds is 4. The SMILES string of the molecule is O=C(O)c1cnc(NCC2CC=CCC2)cn1. The first-order chi connectivity index (χ1) is 8.25. The monoisotopic (exact) mass is 233 g/mol. The van der Waals surface area contributed by atoms with Crippen molar-refractivity contribution in [1.29, 1.82) is 0 Å². The molecule has 2 rings (SSSR count). The van der Waals surface area contributed by atoms with Crippen LogP contribution in [-0.2, 0) is 0 Å². The van der Waals surface area contributed by atoms with Crippen LogP contribution < -0.4 is 5.32 Å². The minimum Gasteiger partial charge on any atom is -0.476 e. The molecule has 2 N–H and O–H groups in total. The third-order valence-corrected chi connectivity index (χ3v) is 2.82. The molecule has 0 bridgehead atoms. The van der Waals surface area contributed by atoms with Crippen LogP contribution in [0.25, 0.3) is 0 Å². The Labute approximate surface area is 99.6 Å². The molecule has 0 aromatic carbocycles. The zero-order chi connectivity index (χ0) is 12.1. The van der Waals surface area contributed by atoms with Gasteiger partial charge in [0.15, 0.2) is 5.69 Å². The highest BCUT2D eigenvalue weighted by Crippen LogP contribution is 2.18. The highest BCUT2D eigenvalue weighted by atomic mass is 16.4. The van der Waals surface area contributed by atoms with Gasteiger partial charge < -0.3 is 10.4 Å². The number of hydrogen-bond donors (Lipinski definition) is 2. The summed E-state index contributed by atoms with van der Waals surface area (Å²) < 4.78 is 0. The Kier molecular flexibility index (Phi) is 3.69. The van der Waals surface area contributed by atoms with Gasteiger partial charge in [0.05, 0.1) is 12.4 Å². The molecule has 0 amide bonds. The van der Waals surface area contributed by atoms with Crippen LogP contribution in [-0.4, -0.2) is 27.6 Å². The molecule has 1 atom stereocenters. The van der Waals surface area contributed by atoms with Crippen molar-refractivity contribution in [1.82, 2.24) is 9.97 Å². The number of hydrogen-bond acceptors (Lipinski definition) is 4. The van der Waals surface area contributed by atoms with Crippen molar-refractivity contribution in [3.8, 4) is 0 Å². The summed E-state index contributed by atoms with van der Waals surface area (Å²) in [5.74, 6) is 0.201. The van der Waals surface area contributed by atoms with Crippen molar-refractivity contribution in [3.05, 3.63) is 30.2 Å². The first-order valence-corrected chi connectivity index (χ1v) is 5.70. The maximum atomic E-state index is 10.6. The summed E-state index contributed by atoms with van der Waals surface area (Å²) in [5, 5.41) is 11.9. The Hall–Kier alpha value is -1.91. The summed E-state index contributed by atoms with van der Waals surface area (Å²) in [6.07, 6.45) is 10.5. The molecule has 0 saturated carbocycles. The van der Waals surface area contributed by atoms with Crippen molar-refractivity contribution in [2.75, 3.05) is 11.9 Å². The Morgan fingerprint density at radius 2 is 2.29 bits per heavy atom. The van der Waals surface area contributed by atoms with Crippen LogP contribution >= 0.6 is 0 Å². The number of anilines is 1. The lowest BCUT2D eigenvalue weighted by Gasteiger charge is -2.18. The second kappa shape index (κ2) is 5.43. The summed E-state index contributed by atoms with van der Waals surface area (Å²) >= 11 is 0. The summed E-state index contributed by atoms with van der Waals surface area (Å²) in [4.78, 5) is 18.4. The Morgan fingerprint density at radius 3 is 2.88 bits per heavy atom. The molecule has 1 unspecified atom stereocenters. The molecule has 90 valence electrons. The molecule has 1 aromatic rings. The van der Waals surface area contributed by atoms with E-state index in [4.69, 9.17) is 5.11 Å². The average Bonchev–Trinajstić information content (AvgIpc) is 2.38. The van der Waals surface area contributed by atoms with Crippen molar-refractivity contribution in [2.24, 2.45) is 5.92 Å². The van der Waals surface area contributed by atoms with Crippen LogP contribution in [0.2, 0.25) is 0 Å². The van der Waals surface area contributed by atoms with E-state index in [1.165, 1.54) is 18.8 Å². The maximum Gasteiger partial charge on any atom is 0.356 e. The number of carboxylic acids is 1. The molecule has 1 aromatic heterocycles. The smallest absolute Gasteiger partial charge is 0.356 e. The van der Waals surface area contributed by atoms with Crippen molar-refractivity contribution >= 4 is 11.8 Å². The second-order valence-electron chi connectivity index (χ2n) is 4.12. The number of allylic oxidation sites excluding steroid dienone is 2. The lowest BCUT2D eigenvalue weighted by Crippen LogP contribution is -2.16. The minimum atomic E-state index is -1.05. The number of carbonyl (C=O) groups is 1. The molecular weight excluding hydrogens is 218 g/mol. The van der Waals surface area contributed by atoms with E-state index in [2.05, 4.69) is 27.4 Å². The van der Waals surface area contributed by atoms with Gasteiger partial charge in [-0.3, -0.25) is 0 Å². The van der Waals surface area contributed by atoms with Gasteiger partial charge in [-0.15, -0.1) is 0 Å². The van der Waals surface area contributed by atoms with E-state index in [1.54, 1.807) is 0 Å². The van der Waals surface area contributed by atoms with Gasteiger partial charge in [-0.2, -0.15) is 0 Å². The minimum absolute atomic E-state index is 0.0313. The Morgan fingerprint density at radius 1 is 1.41 bits per heavy atom. The fourth-order valence-corrected chi connectivity index (χ4v) is 1.82. The standard InChI is InChI=1S/C12H15N3O2/c16-12(17)10-7-15-11(8-13-10)14-6-9-4-2-1-3-5-9/h1-2,7-9H,3-6H2,(H,14,15)(H,16,17). The molecule has 1 aliphatic carbocycles. The fourth-order valence-electron chi connectivity index (χ4n) is 1.82. The molecule has 5 heteroatoms. The third kappa shape index (κ3) is 3.27. The summed E-state index contributed by atoms with van der Waals surface area (Å²) in [7, 11) is 0. The van der Waals surface area contributed by atoms with Crippen LogP contribution in [0, 0.1) is 5.92 Å². The fraction of sp³-hybridized carbons (Fsp3) is 0.417. The highest BCUT2D eigenvalue weighted by molar-refractivity contribution is 5.84. The van der Waals surface area contributed by atoms with Crippen LogP contribution in [0.5, 0.6) is 0 Å². The van der Waals surface area contributed by atoms with Gasteiger partial charge in [0.1, 0.15) is 5.82 Å². The van der Waals surface area contributed by atoms with Gasteiger partial charge in [0, 0.05) is 6.54 Å². The normalized spacial score (nSPS) is 18.9. The van der Waals surface area contributed by atoms with E-state index in [9.17, 15) is 4.79 Å². The zero-order valence-corrected chi connectivity index (χ0v) is 9.47. The number of aromatic nitrogens is 2. The van der Waals surface area contributed by atoms with Gasteiger partial charge in [-0.1, -0.05) is 12.2 Å². The molecule has 0 aliphatic heterocycles. The molecule has 1 aliphatic rings. The van der Waals surface area contributed by atoms with Gasteiger partial charge in [0.2, 0.25) is 0 Å². The summed E-state index contributed by atoms with van der Waals surface area (Å²) in [5.41, 5.74) is -0.0313. The van der Waals surface area contributed by atoms with Crippen LogP contribution in [0.15, 0.2) is 24.5 Å². The quantitative estimate of drug-likeness (QED) is 0.777. The van der Waals surface area contributed by atoms with E-state index in [0.717, 1.165) is 19.4 Å². The average molecular weight is 233 g/mol. The lowest BCUT2D eigenvalue weighted by molar-refractivity contribution is 0.0690. The van der Waals surface area contributed by atoms with E-state index >= 15 is 0 Å². The van der Waals surface area contributed by atoms with Crippen molar-refractivity contribution < 1.29 is 9.90 Å². The third-order valence-electron chi connectivity index (χ3n) is 2.82. The number of nitrogens with zero attached hydrogens (tertiary/aromatic N) is 2. The van der Waals surface area contributed by atoms with Crippen LogP contribution in [0.3, 0.4) is 0 Å². The number of carboxylic acid groups (broad SMARTS) is 1. The molecule has 0 spiro atoms. The predicted octanol–water partition coefficient (Wildman–Crippen LogP) is 1.94. The van der Waals surface area contributed by atoms with Crippen molar-refractivity contribution in [3.63, 3.8) is 0 Å². The van der Waals surface area contributed by atoms with E-state index < -0.39 is 5.97 Å². The first kappa shape index (κ1) is 11.6. The van der Waals surface area contributed by atoms with Gasteiger partial charge in [-0.05, 0) is 25.2 Å². The van der Waals surface area contributed by atoms with Crippen LogP contribution in [0.1, 0.15) is 29.8 Å². The van der Waals surface area contributed by atoms with E-state index in [-0.39, 0.29) is 5.69 Å². The molecular formula is C12H15N3O2. The summed E-state index contributed by atoms with van der Waals surface area (Å²) in [6, 6.07) is 0. The molecule has 5 nitrogen and oxygen atoms in total. The summed E-state index contributed by atoms with van der Waals surface area (Å²) in [6.45, 7) is 0.853. The van der Waals surface area contributed by atoms with Gasteiger partial charge >= 0.3 is 5.97 Å².